The molecule has 0 fully saturated rings. The smallest absolute Gasteiger partial charge is 0.320 e. The highest BCUT2D eigenvalue weighted by Crippen LogP contribution is 2.25. The molecule has 3 N–H and O–H groups in total. The first-order valence-electron chi connectivity index (χ1n) is 7.84. The second-order valence-electron chi connectivity index (χ2n) is 5.86. The van der Waals surface area contributed by atoms with Crippen molar-refractivity contribution in [1.29, 1.82) is 0 Å². The van der Waals surface area contributed by atoms with E-state index in [1.54, 1.807) is 18.2 Å². The van der Waals surface area contributed by atoms with E-state index in [-0.39, 0.29) is 6.42 Å². The third-order valence-electron chi connectivity index (χ3n) is 4.04. The number of hydrogen-bond donors (Lipinski definition) is 2. The SMILES string of the molecule is N[C@@H](Cc1ccc2oc(-c3ccc4ccccc4n3)nc2c1)C(=O)O. The number of carbonyl (C=O) groups is 1. The molecule has 6 nitrogen and oxygen atoms in total. The Hall–Kier alpha value is -3.25. The summed E-state index contributed by atoms with van der Waals surface area (Å²) in [5.74, 6) is -0.596. The lowest BCUT2D eigenvalue weighted by molar-refractivity contribution is -0.138. The Balaban J connectivity index is 1.71. The topological polar surface area (TPSA) is 102 Å². The van der Waals surface area contributed by atoms with E-state index in [2.05, 4.69) is 9.97 Å². The van der Waals surface area contributed by atoms with Crippen molar-refractivity contribution >= 4 is 28.0 Å². The zero-order valence-electron chi connectivity index (χ0n) is 13.2. The van der Waals surface area contributed by atoms with Crippen molar-refractivity contribution in [3.63, 3.8) is 0 Å². The maximum Gasteiger partial charge on any atom is 0.320 e. The largest absolute Gasteiger partial charge is 0.480 e. The number of nitrogens with zero attached hydrogens (tertiary/aromatic N) is 2. The highest BCUT2D eigenvalue weighted by atomic mass is 16.4. The first-order chi connectivity index (χ1) is 12.1. The third-order valence-corrected chi connectivity index (χ3v) is 4.04. The number of rotatable bonds is 4. The number of hydrogen-bond acceptors (Lipinski definition) is 5. The van der Waals surface area contributed by atoms with E-state index in [0.717, 1.165) is 16.5 Å². The van der Waals surface area contributed by atoms with Crippen LogP contribution in [0.4, 0.5) is 0 Å². The number of nitrogens with two attached hydrogens (primary N) is 1. The van der Waals surface area contributed by atoms with E-state index in [0.29, 0.717) is 22.7 Å². The molecule has 0 aliphatic carbocycles. The van der Waals surface area contributed by atoms with E-state index in [9.17, 15) is 4.79 Å². The van der Waals surface area contributed by atoms with Gasteiger partial charge in [-0.05, 0) is 36.2 Å². The number of para-hydroxylation sites is 1. The molecule has 2 aromatic carbocycles. The molecule has 4 aromatic rings. The summed E-state index contributed by atoms with van der Waals surface area (Å²) in [6.07, 6.45) is 0.238. The maximum atomic E-state index is 10.9. The Labute approximate surface area is 142 Å². The van der Waals surface area contributed by atoms with Crippen molar-refractivity contribution < 1.29 is 14.3 Å². The Bertz CT molecular complexity index is 1090. The van der Waals surface area contributed by atoms with Crippen LogP contribution in [0.15, 0.2) is 59.0 Å². The molecular formula is C19H15N3O3. The van der Waals surface area contributed by atoms with Gasteiger partial charge in [-0.2, -0.15) is 0 Å². The van der Waals surface area contributed by atoms with Gasteiger partial charge in [0.25, 0.3) is 0 Å². The van der Waals surface area contributed by atoms with Gasteiger partial charge in [0.2, 0.25) is 5.89 Å². The first-order valence-corrected chi connectivity index (χ1v) is 7.84. The van der Waals surface area contributed by atoms with Gasteiger partial charge >= 0.3 is 5.97 Å². The molecule has 1 atom stereocenters. The van der Waals surface area contributed by atoms with Gasteiger partial charge < -0.3 is 15.3 Å². The number of pyridine rings is 1. The monoisotopic (exact) mass is 333 g/mol. The summed E-state index contributed by atoms with van der Waals surface area (Å²) in [5, 5.41) is 9.98. The van der Waals surface area contributed by atoms with Gasteiger partial charge in [-0.15, -0.1) is 0 Å². The minimum absolute atomic E-state index is 0.238. The van der Waals surface area contributed by atoms with E-state index in [1.165, 1.54) is 0 Å². The predicted octanol–water partition coefficient (Wildman–Crippen LogP) is 3.00. The zero-order valence-corrected chi connectivity index (χ0v) is 13.2. The molecule has 0 saturated carbocycles. The molecule has 6 heteroatoms. The van der Waals surface area contributed by atoms with Crippen LogP contribution in [0.2, 0.25) is 0 Å². The lowest BCUT2D eigenvalue weighted by Gasteiger charge is -2.05. The van der Waals surface area contributed by atoms with E-state index >= 15 is 0 Å². The Kier molecular flexibility index (Phi) is 3.66. The first kappa shape index (κ1) is 15.3. The fraction of sp³-hybridized carbons (Fsp3) is 0.105. The molecule has 25 heavy (non-hydrogen) atoms. The minimum Gasteiger partial charge on any atom is -0.480 e. The number of benzene rings is 2. The molecule has 0 aliphatic rings. The number of oxazole rings is 1. The Morgan fingerprint density at radius 3 is 2.76 bits per heavy atom. The second kappa shape index (κ2) is 5.99. The van der Waals surface area contributed by atoms with Crippen LogP contribution in [-0.4, -0.2) is 27.1 Å². The Morgan fingerprint density at radius 2 is 1.92 bits per heavy atom. The zero-order chi connectivity index (χ0) is 17.4. The third kappa shape index (κ3) is 2.95. The van der Waals surface area contributed by atoms with Crippen LogP contribution in [0.25, 0.3) is 33.6 Å². The van der Waals surface area contributed by atoms with Gasteiger partial charge in [0.05, 0.1) is 5.52 Å². The molecule has 0 unspecified atom stereocenters. The van der Waals surface area contributed by atoms with Crippen molar-refractivity contribution in [1.82, 2.24) is 9.97 Å². The normalized spacial score (nSPS) is 12.5. The molecule has 0 saturated heterocycles. The number of aliphatic carboxylic acids is 1. The van der Waals surface area contributed by atoms with Crippen LogP contribution in [-0.2, 0) is 11.2 Å². The van der Waals surface area contributed by atoms with Gasteiger partial charge in [-0.3, -0.25) is 4.79 Å². The molecule has 0 amide bonds. The van der Waals surface area contributed by atoms with Gasteiger partial charge in [0.15, 0.2) is 5.58 Å². The summed E-state index contributed by atoms with van der Waals surface area (Å²) in [6, 6.07) is 16.1. The molecule has 0 spiro atoms. The van der Waals surface area contributed by atoms with E-state index in [4.69, 9.17) is 15.3 Å². The standard InChI is InChI=1S/C19H15N3O3/c20-13(19(23)24)9-11-5-8-17-16(10-11)22-18(25-17)15-7-6-12-3-1-2-4-14(12)21-15/h1-8,10,13H,9,20H2,(H,23,24)/t13-/m0/s1. The van der Waals surface area contributed by atoms with Gasteiger partial charge in [0.1, 0.15) is 17.3 Å². The summed E-state index contributed by atoms with van der Waals surface area (Å²) in [4.78, 5) is 20.0. The summed E-state index contributed by atoms with van der Waals surface area (Å²) in [6.45, 7) is 0. The quantitative estimate of drug-likeness (QED) is 0.595. The van der Waals surface area contributed by atoms with Crippen LogP contribution in [0.1, 0.15) is 5.56 Å². The molecule has 124 valence electrons. The van der Waals surface area contributed by atoms with Crippen LogP contribution in [0.5, 0.6) is 0 Å². The fourth-order valence-corrected chi connectivity index (χ4v) is 2.74. The fourth-order valence-electron chi connectivity index (χ4n) is 2.74. The van der Waals surface area contributed by atoms with Gasteiger partial charge in [0, 0.05) is 5.39 Å². The summed E-state index contributed by atoms with van der Waals surface area (Å²) < 4.78 is 5.79. The van der Waals surface area contributed by atoms with Crippen LogP contribution in [0, 0.1) is 0 Å². The summed E-state index contributed by atoms with van der Waals surface area (Å²) >= 11 is 0. The van der Waals surface area contributed by atoms with Crippen molar-refractivity contribution in [3.05, 3.63) is 60.2 Å². The van der Waals surface area contributed by atoms with Crippen LogP contribution in [0.3, 0.4) is 0 Å². The van der Waals surface area contributed by atoms with Crippen molar-refractivity contribution in [2.75, 3.05) is 0 Å². The number of aromatic nitrogens is 2. The molecule has 0 aliphatic heterocycles. The average Bonchev–Trinajstić information content (AvgIpc) is 3.04. The molecular weight excluding hydrogens is 318 g/mol. The molecule has 4 rings (SSSR count). The number of fused-ring (bicyclic) bond motifs is 2. The molecule has 2 heterocycles. The highest BCUT2D eigenvalue weighted by Gasteiger charge is 2.14. The van der Waals surface area contributed by atoms with Crippen molar-refractivity contribution in [2.24, 2.45) is 5.73 Å². The van der Waals surface area contributed by atoms with Gasteiger partial charge in [-0.25, -0.2) is 9.97 Å². The lowest BCUT2D eigenvalue weighted by Crippen LogP contribution is -2.32. The maximum absolute atomic E-state index is 10.9. The van der Waals surface area contributed by atoms with Crippen LogP contribution < -0.4 is 5.73 Å². The molecule has 0 radical (unpaired) electrons. The van der Waals surface area contributed by atoms with E-state index in [1.807, 2.05) is 36.4 Å². The molecule has 2 aromatic heterocycles. The second-order valence-corrected chi connectivity index (χ2v) is 5.86. The highest BCUT2D eigenvalue weighted by molar-refractivity contribution is 5.82. The minimum atomic E-state index is -1.03. The van der Waals surface area contributed by atoms with Crippen LogP contribution >= 0.6 is 0 Å². The summed E-state index contributed by atoms with van der Waals surface area (Å²) in [5.41, 5.74) is 9.19. The number of carboxylic acids is 1. The van der Waals surface area contributed by atoms with Gasteiger partial charge in [-0.1, -0.05) is 30.3 Å². The lowest BCUT2D eigenvalue weighted by atomic mass is 10.1. The van der Waals surface area contributed by atoms with Crippen molar-refractivity contribution in [2.45, 2.75) is 12.5 Å². The summed E-state index contributed by atoms with van der Waals surface area (Å²) in [7, 11) is 0. The average molecular weight is 333 g/mol. The van der Waals surface area contributed by atoms with E-state index < -0.39 is 12.0 Å². The Morgan fingerprint density at radius 1 is 1.08 bits per heavy atom. The predicted molar refractivity (Wildman–Crippen MR) is 94.1 cm³/mol. The van der Waals surface area contributed by atoms with Crippen molar-refractivity contribution in [3.8, 4) is 11.6 Å². The number of carboxylic acid groups (broad SMARTS) is 1. The molecule has 0 bridgehead atoms.